The van der Waals surface area contributed by atoms with E-state index in [1.54, 1.807) is 12.5 Å². The van der Waals surface area contributed by atoms with Gasteiger partial charge in [0.2, 0.25) is 5.28 Å². The second-order valence-corrected chi connectivity index (χ2v) is 4.02. The summed E-state index contributed by atoms with van der Waals surface area (Å²) in [6, 6.07) is 1.87. The van der Waals surface area contributed by atoms with Crippen LogP contribution in [0.4, 0.5) is 5.82 Å². The zero-order valence-electron chi connectivity index (χ0n) is 8.52. The third-order valence-corrected chi connectivity index (χ3v) is 2.89. The van der Waals surface area contributed by atoms with Crippen molar-refractivity contribution in [1.29, 1.82) is 0 Å². The van der Waals surface area contributed by atoms with Crippen molar-refractivity contribution in [3.8, 4) is 0 Å². The summed E-state index contributed by atoms with van der Waals surface area (Å²) in [5, 5.41) is 0.285. The number of aromatic nitrogens is 4. The molecule has 6 heteroatoms. The van der Waals surface area contributed by atoms with Crippen LogP contribution in [-0.2, 0) is 13.0 Å². The van der Waals surface area contributed by atoms with Gasteiger partial charge in [-0.1, -0.05) is 0 Å². The first kappa shape index (κ1) is 9.59. The lowest BCUT2D eigenvalue weighted by Crippen LogP contribution is -2.31. The Hall–Kier alpha value is -1.62. The fourth-order valence-corrected chi connectivity index (χ4v) is 2.05. The summed E-state index contributed by atoms with van der Waals surface area (Å²) in [7, 11) is 0. The minimum absolute atomic E-state index is 0.285. The molecule has 2 aromatic heterocycles. The summed E-state index contributed by atoms with van der Waals surface area (Å²) < 4.78 is 0. The lowest BCUT2D eigenvalue weighted by molar-refractivity contribution is 0.700. The number of imidazole rings is 1. The highest BCUT2D eigenvalue weighted by molar-refractivity contribution is 6.28. The van der Waals surface area contributed by atoms with Gasteiger partial charge in [0.1, 0.15) is 5.82 Å². The highest BCUT2D eigenvalue weighted by Crippen LogP contribution is 2.20. The van der Waals surface area contributed by atoms with Crippen LogP contribution in [0.5, 0.6) is 0 Å². The van der Waals surface area contributed by atoms with Crippen molar-refractivity contribution >= 4 is 17.4 Å². The zero-order valence-corrected chi connectivity index (χ0v) is 9.28. The van der Waals surface area contributed by atoms with Gasteiger partial charge in [-0.2, -0.15) is 0 Å². The second kappa shape index (κ2) is 3.75. The van der Waals surface area contributed by atoms with Crippen LogP contribution in [0.3, 0.4) is 0 Å². The summed E-state index contributed by atoms with van der Waals surface area (Å²) in [6.45, 7) is 1.70. The second-order valence-electron chi connectivity index (χ2n) is 3.68. The van der Waals surface area contributed by atoms with Gasteiger partial charge in [-0.05, 0) is 17.7 Å². The molecule has 5 nitrogen and oxygen atoms in total. The number of hydrogen-bond acceptors (Lipinski definition) is 4. The number of fused-ring (bicyclic) bond motifs is 1. The molecule has 0 radical (unpaired) electrons. The molecule has 1 N–H and O–H groups in total. The first-order valence-electron chi connectivity index (χ1n) is 5.07. The maximum atomic E-state index is 5.77. The van der Waals surface area contributed by atoms with Gasteiger partial charge in [-0.25, -0.2) is 15.0 Å². The molecule has 82 valence electrons. The predicted molar refractivity (Wildman–Crippen MR) is 60.4 cm³/mol. The quantitative estimate of drug-likeness (QED) is 0.760. The molecule has 1 aliphatic heterocycles. The molecule has 2 aromatic rings. The van der Waals surface area contributed by atoms with E-state index >= 15 is 0 Å². The van der Waals surface area contributed by atoms with E-state index in [9.17, 15) is 0 Å². The largest absolute Gasteiger partial charge is 0.350 e. The Labute approximate surface area is 97.5 Å². The van der Waals surface area contributed by atoms with Crippen LogP contribution < -0.4 is 4.90 Å². The van der Waals surface area contributed by atoms with Crippen LogP contribution in [0.2, 0.25) is 5.28 Å². The highest BCUT2D eigenvalue weighted by atomic mass is 35.5. The van der Waals surface area contributed by atoms with Crippen LogP contribution in [0.15, 0.2) is 18.6 Å². The number of H-pyrrole nitrogens is 1. The van der Waals surface area contributed by atoms with Gasteiger partial charge in [0, 0.05) is 19.2 Å². The van der Waals surface area contributed by atoms with E-state index in [0.717, 1.165) is 36.7 Å². The van der Waals surface area contributed by atoms with Crippen LogP contribution >= 0.6 is 11.6 Å². The first-order valence-corrected chi connectivity index (χ1v) is 5.45. The molecule has 0 fully saturated rings. The molecule has 0 aliphatic carbocycles. The molecule has 1 aliphatic rings. The Morgan fingerprint density at radius 3 is 3.19 bits per heavy atom. The van der Waals surface area contributed by atoms with E-state index in [0.29, 0.717) is 0 Å². The van der Waals surface area contributed by atoms with Gasteiger partial charge in [0.25, 0.3) is 0 Å². The maximum absolute atomic E-state index is 5.77. The zero-order chi connectivity index (χ0) is 11.0. The van der Waals surface area contributed by atoms with Crippen LogP contribution in [0, 0.1) is 0 Å². The lowest BCUT2D eigenvalue weighted by atomic mass is 10.1. The van der Waals surface area contributed by atoms with Crippen LogP contribution in [0.1, 0.15) is 11.4 Å². The topological polar surface area (TPSA) is 57.7 Å². The van der Waals surface area contributed by atoms with Gasteiger partial charge >= 0.3 is 0 Å². The van der Waals surface area contributed by atoms with Crippen molar-refractivity contribution in [2.24, 2.45) is 0 Å². The van der Waals surface area contributed by atoms with E-state index in [1.807, 2.05) is 6.07 Å². The maximum Gasteiger partial charge on any atom is 0.224 e. The van der Waals surface area contributed by atoms with Crippen molar-refractivity contribution in [2.45, 2.75) is 13.0 Å². The molecule has 16 heavy (non-hydrogen) atoms. The monoisotopic (exact) mass is 235 g/mol. The Bertz CT molecular complexity index is 509. The molecule has 0 saturated carbocycles. The number of anilines is 1. The summed E-state index contributed by atoms with van der Waals surface area (Å²) in [5.74, 6) is 0.861. The Morgan fingerprint density at radius 2 is 2.31 bits per heavy atom. The molecule has 3 heterocycles. The lowest BCUT2D eigenvalue weighted by Gasteiger charge is -2.26. The van der Waals surface area contributed by atoms with Gasteiger partial charge in [0.05, 0.1) is 24.3 Å². The van der Waals surface area contributed by atoms with Crippen molar-refractivity contribution < 1.29 is 0 Å². The standard InChI is InChI=1S/C10H10ClN5/c11-10-12-3-1-9(15-10)16-4-2-7-8(5-16)14-6-13-7/h1,3,6H,2,4-5H2,(H,13,14). The SMILES string of the molecule is Clc1nccc(N2CCc3nc[nH]c3C2)n1. The van der Waals surface area contributed by atoms with Crippen molar-refractivity contribution in [1.82, 2.24) is 19.9 Å². The smallest absolute Gasteiger partial charge is 0.224 e. The number of aromatic amines is 1. The first-order chi connectivity index (χ1) is 7.83. The van der Waals surface area contributed by atoms with Gasteiger partial charge in [-0.3, -0.25) is 0 Å². The molecular weight excluding hydrogens is 226 g/mol. The summed E-state index contributed by atoms with van der Waals surface area (Å²) in [5.41, 5.74) is 2.30. The minimum Gasteiger partial charge on any atom is -0.350 e. The van der Waals surface area contributed by atoms with Crippen LogP contribution in [-0.4, -0.2) is 26.5 Å². The van der Waals surface area contributed by atoms with Gasteiger partial charge < -0.3 is 9.88 Å². The summed E-state index contributed by atoms with van der Waals surface area (Å²) in [4.78, 5) is 17.6. The minimum atomic E-state index is 0.285. The molecule has 0 saturated heterocycles. The average Bonchev–Trinajstić information content (AvgIpc) is 2.75. The number of rotatable bonds is 1. The van der Waals surface area contributed by atoms with E-state index in [-0.39, 0.29) is 5.28 Å². The molecule has 0 spiro atoms. The number of nitrogens with zero attached hydrogens (tertiary/aromatic N) is 4. The fraction of sp³-hybridized carbons (Fsp3) is 0.300. The molecule has 0 amide bonds. The van der Waals surface area contributed by atoms with E-state index in [4.69, 9.17) is 11.6 Å². The molecule has 0 aromatic carbocycles. The summed E-state index contributed by atoms with van der Waals surface area (Å²) in [6.07, 6.45) is 4.34. The number of halogens is 1. The van der Waals surface area contributed by atoms with Crippen LogP contribution in [0.25, 0.3) is 0 Å². The fourth-order valence-electron chi connectivity index (χ4n) is 1.91. The van der Waals surface area contributed by atoms with Gasteiger partial charge in [0.15, 0.2) is 0 Å². The Morgan fingerprint density at radius 1 is 1.38 bits per heavy atom. The molecule has 0 atom stereocenters. The number of nitrogens with one attached hydrogen (secondary N) is 1. The van der Waals surface area contributed by atoms with Crippen molar-refractivity contribution in [3.05, 3.63) is 35.3 Å². The van der Waals surface area contributed by atoms with Crippen molar-refractivity contribution in [2.75, 3.05) is 11.4 Å². The molecular formula is C10H10ClN5. The average molecular weight is 236 g/mol. The Kier molecular flexibility index (Phi) is 2.25. The third-order valence-electron chi connectivity index (χ3n) is 2.71. The van der Waals surface area contributed by atoms with E-state index < -0.39 is 0 Å². The molecule has 0 unspecified atom stereocenters. The third kappa shape index (κ3) is 1.63. The highest BCUT2D eigenvalue weighted by Gasteiger charge is 2.19. The molecule has 0 bridgehead atoms. The van der Waals surface area contributed by atoms with Gasteiger partial charge in [-0.15, -0.1) is 0 Å². The molecule has 3 rings (SSSR count). The number of hydrogen-bond donors (Lipinski definition) is 1. The van der Waals surface area contributed by atoms with Crippen molar-refractivity contribution in [3.63, 3.8) is 0 Å². The normalized spacial score (nSPS) is 14.9. The predicted octanol–water partition coefficient (Wildman–Crippen LogP) is 1.42. The van der Waals surface area contributed by atoms with E-state index in [1.165, 1.54) is 0 Å². The Balaban J connectivity index is 1.88. The summed E-state index contributed by atoms with van der Waals surface area (Å²) >= 11 is 5.77. The van der Waals surface area contributed by atoms with E-state index in [2.05, 4.69) is 24.8 Å².